The van der Waals surface area contributed by atoms with E-state index in [0.29, 0.717) is 34.7 Å². The van der Waals surface area contributed by atoms with E-state index in [1.165, 1.54) is 31.7 Å². The highest BCUT2D eigenvalue weighted by atomic mass is 19.1. The van der Waals surface area contributed by atoms with Crippen LogP contribution in [0, 0.1) is 11.2 Å². The topological polar surface area (TPSA) is 152 Å². The molecule has 0 fully saturated rings. The largest absolute Gasteiger partial charge is 0.496 e. The lowest BCUT2D eigenvalue weighted by atomic mass is 10.1. The number of anilines is 2. The van der Waals surface area contributed by atoms with Gasteiger partial charge >= 0.3 is 0 Å². The van der Waals surface area contributed by atoms with E-state index in [0.717, 1.165) is 0 Å². The molecule has 1 aromatic carbocycles. The molecular weight excluding hydrogens is 477 g/mol. The van der Waals surface area contributed by atoms with Crippen LogP contribution in [0.5, 0.6) is 0 Å². The van der Waals surface area contributed by atoms with E-state index >= 15 is 0 Å². The monoisotopic (exact) mass is 501 g/mol. The Morgan fingerprint density at radius 1 is 1.32 bits per heavy atom. The lowest BCUT2D eigenvalue weighted by Gasteiger charge is -2.12. The number of nitrogen functional groups attached to an aromatic ring is 1. The van der Waals surface area contributed by atoms with Gasteiger partial charge < -0.3 is 25.6 Å². The second-order valence-electron chi connectivity index (χ2n) is 7.76. The van der Waals surface area contributed by atoms with E-state index in [-0.39, 0.29) is 35.4 Å². The highest BCUT2D eigenvalue weighted by Crippen LogP contribution is 2.21. The van der Waals surface area contributed by atoms with Crippen molar-refractivity contribution in [3.63, 3.8) is 0 Å². The lowest BCUT2D eigenvalue weighted by Crippen LogP contribution is -2.19. The van der Waals surface area contributed by atoms with E-state index in [2.05, 4.69) is 25.8 Å². The number of benzene rings is 1. The molecule has 0 spiro atoms. The molecule has 188 valence electrons. The van der Waals surface area contributed by atoms with Gasteiger partial charge in [0.1, 0.15) is 34.9 Å². The maximum atomic E-state index is 14.0. The zero-order valence-electron chi connectivity index (χ0n) is 19.9. The van der Waals surface area contributed by atoms with Crippen LogP contribution in [-0.2, 0) is 16.1 Å². The standard InChI is InChI=1S/C26H24FN7O3/c1-36-23-10-4-2-3-8-17(23)26(35)32-22-15-31-25(33-24(22)29)19(28)13-21(20-11-12-37-34-20)30-14-16-7-5-6-9-18(16)27/h2-3,5-13,15,28,30H,4,14H2,1H3,(H,32,35)(H2,29,31,33)/b21-13-,28-19?. The third-order valence-electron chi connectivity index (χ3n) is 5.31. The Hall–Kier alpha value is -5.06. The third kappa shape index (κ3) is 6.14. The fourth-order valence-electron chi connectivity index (χ4n) is 3.41. The second kappa shape index (κ2) is 11.6. The molecule has 11 heteroatoms. The van der Waals surface area contributed by atoms with E-state index in [4.69, 9.17) is 20.4 Å². The van der Waals surface area contributed by atoms with Gasteiger partial charge in [0.15, 0.2) is 11.6 Å². The number of rotatable bonds is 9. The molecule has 0 atom stereocenters. The Morgan fingerprint density at radius 3 is 2.89 bits per heavy atom. The number of hydrogen-bond donors (Lipinski definition) is 4. The minimum Gasteiger partial charge on any atom is -0.496 e. The molecule has 1 amide bonds. The van der Waals surface area contributed by atoms with Crippen LogP contribution in [0.3, 0.4) is 0 Å². The van der Waals surface area contributed by atoms with E-state index in [1.807, 2.05) is 6.08 Å². The smallest absolute Gasteiger partial charge is 0.259 e. The molecule has 2 aromatic heterocycles. The maximum absolute atomic E-state index is 14.0. The summed E-state index contributed by atoms with van der Waals surface area (Å²) in [5.74, 6) is -0.371. The second-order valence-corrected chi connectivity index (χ2v) is 7.76. The number of allylic oxidation sites excluding steroid dienone is 5. The number of carbonyl (C=O) groups is 1. The van der Waals surface area contributed by atoms with Crippen LogP contribution in [0.4, 0.5) is 15.9 Å². The van der Waals surface area contributed by atoms with Crippen molar-refractivity contribution in [2.24, 2.45) is 0 Å². The van der Waals surface area contributed by atoms with Gasteiger partial charge in [-0.2, -0.15) is 0 Å². The van der Waals surface area contributed by atoms with Crippen molar-refractivity contribution in [2.45, 2.75) is 13.0 Å². The number of amides is 1. The van der Waals surface area contributed by atoms with E-state index in [9.17, 15) is 9.18 Å². The van der Waals surface area contributed by atoms with Crippen LogP contribution in [0.25, 0.3) is 5.70 Å². The minimum absolute atomic E-state index is 0.0123. The highest BCUT2D eigenvalue weighted by molar-refractivity contribution is 6.09. The van der Waals surface area contributed by atoms with Gasteiger partial charge in [0, 0.05) is 18.2 Å². The number of methoxy groups -OCH3 is 1. The molecule has 0 bridgehead atoms. The molecule has 5 N–H and O–H groups in total. The summed E-state index contributed by atoms with van der Waals surface area (Å²) in [6.07, 6.45) is 11.9. The van der Waals surface area contributed by atoms with Gasteiger partial charge in [0.2, 0.25) is 0 Å². The average Bonchev–Trinajstić information content (AvgIpc) is 3.33. The van der Waals surface area contributed by atoms with E-state index < -0.39 is 5.91 Å². The lowest BCUT2D eigenvalue weighted by molar-refractivity contribution is -0.112. The molecule has 0 saturated heterocycles. The zero-order valence-corrected chi connectivity index (χ0v) is 19.9. The first-order valence-electron chi connectivity index (χ1n) is 11.2. The molecular formula is C26H24FN7O3. The fourth-order valence-corrected chi connectivity index (χ4v) is 3.41. The molecule has 1 aliphatic carbocycles. The SMILES string of the molecule is COC1=CCC=CC=C1C(=O)Nc1cnc(C(=N)/C=C(\NCc2ccccc2F)c2ccon2)nc1N. The molecule has 2 heterocycles. The maximum Gasteiger partial charge on any atom is 0.259 e. The summed E-state index contributed by atoms with van der Waals surface area (Å²) in [5, 5.41) is 18.1. The third-order valence-corrected chi connectivity index (χ3v) is 5.31. The molecule has 0 radical (unpaired) electrons. The van der Waals surface area contributed by atoms with Crippen molar-refractivity contribution in [3.8, 4) is 0 Å². The Morgan fingerprint density at radius 2 is 2.16 bits per heavy atom. The summed E-state index contributed by atoms with van der Waals surface area (Å²) in [6, 6.07) is 7.95. The molecule has 3 aromatic rings. The van der Waals surface area contributed by atoms with Crippen molar-refractivity contribution >= 4 is 28.8 Å². The van der Waals surface area contributed by atoms with Crippen LogP contribution < -0.4 is 16.4 Å². The number of nitrogens with zero attached hydrogens (tertiary/aromatic N) is 3. The minimum atomic E-state index is -0.441. The Labute approximate surface area is 211 Å². The van der Waals surface area contributed by atoms with Gasteiger partial charge in [-0.15, -0.1) is 0 Å². The van der Waals surface area contributed by atoms with Crippen molar-refractivity contribution in [1.29, 1.82) is 5.41 Å². The van der Waals surface area contributed by atoms with E-state index in [1.54, 1.807) is 42.5 Å². The molecule has 0 unspecified atom stereocenters. The highest BCUT2D eigenvalue weighted by Gasteiger charge is 2.18. The molecule has 10 nitrogen and oxygen atoms in total. The summed E-state index contributed by atoms with van der Waals surface area (Å²) in [6.45, 7) is 0.148. The molecule has 4 rings (SSSR count). The van der Waals surface area contributed by atoms with Crippen molar-refractivity contribution in [1.82, 2.24) is 20.4 Å². The Balaban J connectivity index is 1.52. The molecule has 0 aliphatic heterocycles. The fraction of sp³-hybridized carbons (Fsp3) is 0.115. The van der Waals surface area contributed by atoms with Crippen LogP contribution in [-0.4, -0.2) is 33.9 Å². The summed E-state index contributed by atoms with van der Waals surface area (Å²) in [5.41, 5.74) is 7.73. The van der Waals surface area contributed by atoms with Gasteiger partial charge in [-0.3, -0.25) is 10.2 Å². The van der Waals surface area contributed by atoms with Gasteiger partial charge in [0.05, 0.1) is 24.6 Å². The number of hydrogen-bond acceptors (Lipinski definition) is 9. The van der Waals surface area contributed by atoms with Gasteiger partial charge in [-0.05, 0) is 30.7 Å². The quantitative estimate of drug-likeness (QED) is 0.324. The number of ether oxygens (including phenoxy) is 1. The Bertz CT molecular complexity index is 1430. The molecule has 37 heavy (non-hydrogen) atoms. The van der Waals surface area contributed by atoms with Crippen LogP contribution in [0.1, 0.15) is 23.5 Å². The number of nitrogens with one attached hydrogen (secondary N) is 3. The summed E-state index contributed by atoms with van der Waals surface area (Å²) < 4.78 is 24.3. The predicted octanol–water partition coefficient (Wildman–Crippen LogP) is 3.74. The summed E-state index contributed by atoms with van der Waals surface area (Å²) >= 11 is 0. The van der Waals surface area contributed by atoms with Gasteiger partial charge in [-0.25, -0.2) is 14.4 Å². The number of halogens is 1. The Kier molecular flexibility index (Phi) is 7.84. The first-order chi connectivity index (χ1) is 18.0. The number of carbonyl (C=O) groups excluding carboxylic acids is 1. The predicted molar refractivity (Wildman–Crippen MR) is 137 cm³/mol. The molecule has 1 aliphatic rings. The summed E-state index contributed by atoms with van der Waals surface area (Å²) in [7, 11) is 1.49. The zero-order chi connectivity index (χ0) is 26.2. The van der Waals surface area contributed by atoms with Crippen LogP contribution in [0.15, 0.2) is 89.0 Å². The molecule has 0 saturated carbocycles. The number of nitrogens with two attached hydrogens (primary N) is 1. The van der Waals surface area contributed by atoms with Crippen molar-refractivity contribution in [3.05, 3.63) is 107 Å². The first kappa shape index (κ1) is 25.0. The first-order valence-corrected chi connectivity index (χ1v) is 11.2. The van der Waals surface area contributed by atoms with Crippen LogP contribution >= 0.6 is 0 Å². The summed E-state index contributed by atoms with van der Waals surface area (Å²) in [4.78, 5) is 21.1. The van der Waals surface area contributed by atoms with Crippen molar-refractivity contribution < 1.29 is 18.4 Å². The normalized spacial score (nSPS) is 13.3. The van der Waals surface area contributed by atoms with Gasteiger partial charge in [0.25, 0.3) is 5.91 Å². The van der Waals surface area contributed by atoms with Gasteiger partial charge in [-0.1, -0.05) is 35.5 Å². The number of aromatic nitrogens is 3. The average molecular weight is 502 g/mol. The van der Waals surface area contributed by atoms with Crippen LogP contribution in [0.2, 0.25) is 0 Å². The van der Waals surface area contributed by atoms with Crippen molar-refractivity contribution in [2.75, 3.05) is 18.2 Å².